The third kappa shape index (κ3) is 4.83. The molecule has 0 radical (unpaired) electrons. The second-order valence-electron chi connectivity index (χ2n) is 6.14. The van der Waals surface area contributed by atoms with Crippen LogP contribution in [0.3, 0.4) is 0 Å². The number of nitrogens with one attached hydrogen (secondary N) is 1. The number of carbonyl (C=O) groups is 2. The third-order valence-corrected chi connectivity index (χ3v) is 4.09. The molecule has 0 spiro atoms. The summed E-state index contributed by atoms with van der Waals surface area (Å²) in [6.07, 6.45) is 1.95. The van der Waals surface area contributed by atoms with Gasteiger partial charge in [0.05, 0.1) is 0 Å². The molecule has 1 saturated carbocycles. The Kier molecular flexibility index (Phi) is 5.33. The molecule has 1 fully saturated rings. The van der Waals surface area contributed by atoms with Gasteiger partial charge in [-0.25, -0.2) is 0 Å². The van der Waals surface area contributed by atoms with Crippen LogP contribution in [0.1, 0.15) is 19.8 Å². The van der Waals surface area contributed by atoms with E-state index < -0.39 is 0 Å². The standard InChI is InChI=1S/C20H22N2O3/c1-15(23)22(14-13-21-20(24)16-7-8-16)17-9-11-19(12-10-17)25-18-5-3-2-4-6-18/h2-6,9-12,16H,7-8,13-14H2,1H3,(H,21,24). The fourth-order valence-corrected chi connectivity index (χ4v) is 2.57. The lowest BCUT2D eigenvalue weighted by atomic mass is 10.2. The molecule has 25 heavy (non-hydrogen) atoms. The molecule has 0 bridgehead atoms. The highest BCUT2D eigenvalue weighted by atomic mass is 16.5. The van der Waals surface area contributed by atoms with E-state index in [1.807, 2.05) is 54.6 Å². The van der Waals surface area contributed by atoms with Crippen LogP contribution in [-0.4, -0.2) is 24.9 Å². The first-order valence-electron chi connectivity index (χ1n) is 8.52. The molecule has 0 heterocycles. The summed E-state index contributed by atoms with van der Waals surface area (Å²) in [5.74, 6) is 1.69. The van der Waals surface area contributed by atoms with Gasteiger partial charge in [0.1, 0.15) is 11.5 Å². The van der Waals surface area contributed by atoms with E-state index in [2.05, 4.69) is 5.32 Å². The zero-order valence-corrected chi connectivity index (χ0v) is 14.3. The second-order valence-corrected chi connectivity index (χ2v) is 6.14. The van der Waals surface area contributed by atoms with E-state index in [1.165, 1.54) is 6.92 Å². The number of rotatable bonds is 7. The van der Waals surface area contributed by atoms with Gasteiger partial charge < -0.3 is 15.0 Å². The third-order valence-electron chi connectivity index (χ3n) is 4.09. The van der Waals surface area contributed by atoms with Crippen LogP contribution in [0.5, 0.6) is 11.5 Å². The van der Waals surface area contributed by atoms with Crippen LogP contribution >= 0.6 is 0 Å². The summed E-state index contributed by atoms with van der Waals surface area (Å²) < 4.78 is 5.76. The van der Waals surface area contributed by atoms with Crippen LogP contribution < -0.4 is 15.0 Å². The minimum Gasteiger partial charge on any atom is -0.457 e. The molecule has 5 nitrogen and oxygen atoms in total. The van der Waals surface area contributed by atoms with E-state index in [0.717, 1.165) is 24.3 Å². The number of hydrogen-bond acceptors (Lipinski definition) is 3. The van der Waals surface area contributed by atoms with Crippen molar-refractivity contribution in [2.75, 3.05) is 18.0 Å². The maximum Gasteiger partial charge on any atom is 0.223 e. The molecule has 2 aromatic carbocycles. The normalized spacial score (nSPS) is 13.2. The molecule has 3 rings (SSSR count). The number of carbonyl (C=O) groups excluding carboxylic acids is 2. The molecule has 0 saturated heterocycles. The van der Waals surface area contributed by atoms with Gasteiger partial charge in [0.2, 0.25) is 11.8 Å². The number of hydrogen-bond donors (Lipinski definition) is 1. The molecule has 0 unspecified atom stereocenters. The molecule has 0 aromatic heterocycles. The van der Waals surface area contributed by atoms with Crippen molar-refractivity contribution >= 4 is 17.5 Å². The largest absolute Gasteiger partial charge is 0.457 e. The van der Waals surface area contributed by atoms with Crippen molar-refractivity contribution in [1.29, 1.82) is 0 Å². The zero-order chi connectivity index (χ0) is 17.6. The average Bonchev–Trinajstić information content (AvgIpc) is 3.45. The number of anilines is 1. The van der Waals surface area contributed by atoms with Crippen molar-refractivity contribution in [3.63, 3.8) is 0 Å². The summed E-state index contributed by atoms with van der Waals surface area (Å²) in [6.45, 7) is 2.43. The molecule has 2 amide bonds. The Balaban J connectivity index is 1.59. The Morgan fingerprint density at radius 2 is 1.68 bits per heavy atom. The summed E-state index contributed by atoms with van der Waals surface area (Å²) >= 11 is 0. The maximum atomic E-state index is 11.9. The van der Waals surface area contributed by atoms with Gasteiger partial charge >= 0.3 is 0 Å². The van der Waals surface area contributed by atoms with Gasteiger partial charge in [-0.05, 0) is 49.2 Å². The van der Waals surface area contributed by atoms with Crippen LogP contribution in [0, 0.1) is 5.92 Å². The maximum absolute atomic E-state index is 11.9. The van der Waals surface area contributed by atoms with Crippen molar-refractivity contribution in [3.05, 3.63) is 54.6 Å². The Hall–Kier alpha value is -2.82. The zero-order valence-electron chi connectivity index (χ0n) is 14.3. The molecule has 5 heteroatoms. The lowest BCUT2D eigenvalue weighted by molar-refractivity contribution is -0.122. The molecule has 0 atom stereocenters. The van der Waals surface area contributed by atoms with Crippen LogP contribution in [-0.2, 0) is 9.59 Å². The summed E-state index contributed by atoms with van der Waals surface area (Å²) in [5, 5.41) is 2.89. The Morgan fingerprint density at radius 3 is 2.28 bits per heavy atom. The second kappa shape index (κ2) is 7.83. The van der Waals surface area contributed by atoms with Crippen molar-refractivity contribution < 1.29 is 14.3 Å². The minimum absolute atomic E-state index is 0.0580. The van der Waals surface area contributed by atoms with Crippen LogP contribution in [0.2, 0.25) is 0 Å². The minimum atomic E-state index is -0.0580. The van der Waals surface area contributed by atoms with Crippen molar-refractivity contribution in [2.24, 2.45) is 5.92 Å². The van der Waals surface area contributed by atoms with Crippen LogP contribution in [0.4, 0.5) is 5.69 Å². The summed E-state index contributed by atoms with van der Waals surface area (Å²) in [4.78, 5) is 25.3. The molecule has 1 N–H and O–H groups in total. The fourth-order valence-electron chi connectivity index (χ4n) is 2.57. The van der Waals surface area contributed by atoms with Gasteiger partial charge in [0, 0.05) is 31.6 Å². The van der Waals surface area contributed by atoms with E-state index in [9.17, 15) is 9.59 Å². The van der Waals surface area contributed by atoms with Crippen molar-refractivity contribution in [1.82, 2.24) is 5.32 Å². The number of para-hydroxylation sites is 1. The molecular weight excluding hydrogens is 316 g/mol. The van der Waals surface area contributed by atoms with Gasteiger partial charge in [-0.1, -0.05) is 18.2 Å². The predicted molar refractivity (Wildman–Crippen MR) is 96.7 cm³/mol. The van der Waals surface area contributed by atoms with Gasteiger partial charge in [0.25, 0.3) is 0 Å². The smallest absolute Gasteiger partial charge is 0.223 e. The van der Waals surface area contributed by atoms with Gasteiger partial charge in [-0.2, -0.15) is 0 Å². The molecule has 1 aliphatic rings. The highest BCUT2D eigenvalue weighted by molar-refractivity contribution is 5.91. The van der Waals surface area contributed by atoms with Crippen molar-refractivity contribution in [2.45, 2.75) is 19.8 Å². The lowest BCUT2D eigenvalue weighted by Gasteiger charge is -2.21. The topological polar surface area (TPSA) is 58.6 Å². The van der Waals surface area contributed by atoms with Crippen LogP contribution in [0.15, 0.2) is 54.6 Å². The highest BCUT2D eigenvalue weighted by Crippen LogP contribution is 2.28. The number of amides is 2. The lowest BCUT2D eigenvalue weighted by Crippen LogP contribution is -2.38. The van der Waals surface area contributed by atoms with E-state index in [0.29, 0.717) is 18.8 Å². The number of benzene rings is 2. The van der Waals surface area contributed by atoms with E-state index >= 15 is 0 Å². The van der Waals surface area contributed by atoms with Gasteiger partial charge in [-0.3, -0.25) is 9.59 Å². The van der Waals surface area contributed by atoms with Crippen LogP contribution in [0.25, 0.3) is 0 Å². The first-order valence-corrected chi connectivity index (χ1v) is 8.52. The first kappa shape index (κ1) is 17.0. The van der Waals surface area contributed by atoms with E-state index in [4.69, 9.17) is 4.74 Å². The van der Waals surface area contributed by atoms with Gasteiger partial charge in [0.15, 0.2) is 0 Å². The summed E-state index contributed by atoms with van der Waals surface area (Å²) in [5.41, 5.74) is 0.786. The highest BCUT2D eigenvalue weighted by Gasteiger charge is 2.29. The summed E-state index contributed by atoms with van der Waals surface area (Å²) in [7, 11) is 0. The average molecular weight is 338 g/mol. The number of nitrogens with zero attached hydrogens (tertiary/aromatic N) is 1. The predicted octanol–water partition coefficient (Wildman–Crippen LogP) is 3.36. The van der Waals surface area contributed by atoms with Gasteiger partial charge in [-0.15, -0.1) is 0 Å². The quantitative estimate of drug-likeness (QED) is 0.842. The first-order chi connectivity index (χ1) is 12.1. The monoisotopic (exact) mass is 338 g/mol. The Morgan fingerprint density at radius 1 is 1.04 bits per heavy atom. The molecule has 130 valence electrons. The Bertz CT molecular complexity index is 724. The van der Waals surface area contributed by atoms with E-state index in [1.54, 1.807) is 4.90 Å². The molecule has 2 aromatic rings. The molecule has 0 aliphatic heterocycles. The fraction of sp³-hybridized carbons (Fsp3) is 0.300. The molecule has 1 aliphatic carbocycles. The summed E-state index contributed by atoms with van der Waals surface area (Å²) in [6, 6.07) is 16.9. The SMILES string of the molecule is CC(=O)N(CCNC(=O)C1CC1)c1ccc(Oc2ccccc2)cc1. The van der Waals surface area contributed by atoms with E-state index in [-0.39, 0.29) is 17.7 Å². The molecular formula is C20H22N2O3. The number of ether oxygens (including phenoxy) is 1. The van der Waals surface area contributed by atoms with Crippen molar-refractivity contribution in [3.8, 4) is 11.5 Å². The Labute approximate surface area is 147 Å².